The van der Waals surface area contributed by atoms with Gasteiger partial charge in [-0.15, -0.1) is 0 Å². The summed E-state index contributed by atoms with van der Waals surface area (Å²) in [6.07, 6.45) is 11.7. The van der Waals surface area contributed by atoms with Crippen molar-refractivity contribution in [2.75, 3.05) is 6.54 Å². The molecular formula is C17H28ClN3. The van der Waals surface area contributed by atoms with Crippen molar-refractivity contribution in [1.82, 2.24) is 15.1 Å². The topological polar surface area (TPSA) is 29.9 Å². The highest BCUT2D eigenvalue weighted by Crippen LogP contribution is 2.46. The third-order valence-corrected chi connectivity index (χ3v) is 6.00. The van der Waals surface area contributed by atoms with Gasteiger partial charge in [-0.05, 0) is 43.6 Å². The van der Waals surface area contributed by atoms with Gasteiger partial charge >= 0.3 is 0 Å². The molecular weight excluding hydrogens is 282 g/mol. The fraction of sp³-hybridized carbons (Fsp3) is 0.824. The van der Waals surface area contributed by atoms with E-state index in [1.54, 1.807) is 6.20 Å². The van der Waals surface area contributed by atoms with Crippen LogP contribution in [0.4, 0.5) is 0 Å². The molecule has 4 atom stereocenters. The fourth-order valence-electron chi connectivity index (χ4n) is 4.69. The van der Waals surface area contributed by atoms with Gasteiger partial charge in [0.2, 0.25) is 0 Å². The van der Waals surface area contributed by atoms with Crippen LogP contribution >= 0.6 is 11.6 Å². The van der Waals surface area contributed by atoms with Crippen LogP contribution in [0.3, 0.4) is 0 Å². The minimum atomic E-state index is 0.359. The van der Waals surface area contributed by atoms with E-state index in [1.165, 1.54) is 50.6 Å². The number of halogens is 1. The van der Waals surface area contributed by atoms with E-state index < -0.39 is 0 Å². The lowest BCUT2D eigenvalue weighted by molar-refractivity contribution is 0.108. The van der Waals surface area contributed by atoms with Crippen LogP contribution in [-0.4, -0.2) is 16.3 Å². The lowest BCUT2D eigenvalue weighted by Gasteiger charge is -2.42. The molecule has 2 fully saturated rings. The molecule has 0 aromatic carbocycles. The molecule has 118 valence electrons. The second kappa shape index (κ2) is 6.70. The first-order valence-corrected chi connectivity index (χ1v) is 8.99. The molecule has 1 heterocycles. The van der Waals surface area contributed by atoms with Crippen LogP contribution in [0.2, 0.25) is 5.02 Å². The normalized spacial score (nSPS) is 30.9. The van der Waals surface area contributed by atoms with E-state index in [0.29, 0.717) is 12.0 Å². The van der Waals surface area contributed by atoms with E-state index in [1.807, 2.05) is 11.7 Å². The highest BCUT2D eigenvalue weighted by Gasteiger charge is 2.37. The summed E-state index contributed by atoms with van der Waals surface area (Å²) in [7, 11) is 2.01. The molecule has 3 rings (SSSR count). The van der Waals surface area contributed by atoms with Crippen LogP contribution in [0.15, 0.2) is 6.20 Å². The van der Waals surface area contributed by atoms with Crippen LogP contribution < -0.4 is 5.32 Å². The average Bonchev–Trinajstić information content (AvgIpc) is 2.84. The molecule has 0 spiro atoms. The van der Waals surface area contributed by atoms with Crippen molar-refractivity contribution in [3.05, 3.63) is 16.9 Å². The lowest BCUT2D eigenvalue weighted by atomic mass is 9.66. The number of hydrogen-bond donors (Lipinski definition) is 1. The van der Waals surface area contributed by atoms with Crippen molar-refractivity contribution in [3.8, 4) is 0 Å². The van der Waals surface area contributed by atoms with Gasteiger partial charge in [0.1, 0.15) is 0 Å². The zero-order valence-corrected chi connectivity index (χ0v) is 14.1. The van der Waals surface area contributed by atoms with Crippen LogP contribution in [0, 0.1) is 17.8 Å². The maximum absolute atomic E-state index is 6.41. The van der Waals surface area contributed by atoms with E-state index >= 15 is 0 Å². The Morgan fingerprint density at radius 1 is 1.29 bits per heavy atom. The molecule has 1 N–H and O–H groups in total. The second-order valence-electron chi connectivity index (χ2n) is 6.91. The van der Waals surface area contributed by atoms with Gasteiger partial charge in [-0.3, -0.25) is 4.68 Å². The number of hydrogen-bond acceptors (Lipinski definition) is 2. The molecule has 2 saturated carbocycles. The fourth-order valence-corrected chi connectivity index (χ4v) is 4.97. The molecule has 3 nitrogen and oxygen atoms in total. The van der Waals surface area contributed by atoms with Crippen molar-refractivity contribution in [2.45, 2.75) is 57.9 Å². The predicted molar refractivity (Wildman–Crippen MR) is 87.4 cm³/mol. The Morgan fingerprint density at radius 2 is 2.05 bits per heavy atom. The summed E-state index contributed by atoms with van der Waals surface area (Å²) >= 11 is 6.41. The van der Waals surface area contributed by atoms with Gasteiger partial charge in [-0.1, -0.05) is 44.2 Å². The Bertz CT molecular complexity index is 451. The lowest BCUT2D eigenvalue weighted by Crippen LogP contribution is -2.36. The van der Waals surface area contributed by atoms with E-state index in [-0.39, 0.29) is 0 Å². The molecule has 21 heavy (non-hydrogen) atoms. The third kappa shape index (κ3) is 3.14. The molecule has 1 aromatic rings. The third-order valence-electron chi connectivity index (χ3n) is 5.71. The largest absolute Gasteiger partial charge is 0.309 e. The number of nitrogens with one attached hydrogen (secondary N) is 1. The van der Waals surface area contributed by atoms with Gasteiger partial charge in [-0.25, -0.2) is 0 Å². The van der Waals surface area contributed by atoms with E-state index in [4.69, 9.17) is 11.6 Å². The first-order chi connectivity index (χ1) is 10.2. The van der Waals surface area contributed by atoms with Crippen LogP contribution in [0.25, 0.3) is 0 Å². The SMILES string of the molecule is CCNC(c1c(Cl)cnn1C)C1CCC2CCCCC2C1. The summed E-state index contributed by atoms with van der Waals surface area (Å²) < 4.78 is 1.96. The number of aryl methyl sites for hydroxylation is 1. The Kier molecular flexibility index (Phi) is 4.90. The standard InChI is InChI=1S/C17H28ClN3/c1-3-19-16(17-15(18)11-20-21(17)2)14-9-8-12-6-4-5-7-13(12)10-14/h11-14,16,19H,3-10H2,1-2H3. The first kappa shape index (κ1) is 15.4. The van der Waals surface area contributed by atoms with Crippen LogP contribution in [-0.2, 0) is 7.05 Å². The van der Waals surface area contributed by atoms with E-state index in [9.17, 15) is 0 Å². The summed E-state index contributed by atoms with van der Waals surface area (Å²) in [6, 6.07) is 0.359. The summed E-state index contributed by atoms with van der Waals surface area (Å²) in [5.74, 6) is 2.65. The van der Waals surface area contributed by atoms with Gasteiger partial charge in [-0.2, -0.15) is 5.10 Å². The smallest absolute Gasteiger partial charge is 0.0834 e. The summed E-state index contributed by atoms with van der Waals surface area (Å²) in [5.41, 5.74) is 1.18. The molecule has 0 saturated heterocycles. The van der Waals surface area contributed by atoms with Gasteiger partial charge in [0.15, 0.2) is 0 Å². The van der Waals surface area contributed by atoms with Crippen molar-refractivity contribution < 1.29 is 0 Å². The first-order valence-electron chi connectivity index (χ1n) is 8.61. The minimum absolute atomic E-state index is 0.359. The Morgan fingerprint density at radius 3 is 2.71 bits per heavy atom. The highest BCUT2D eigenvalue weighted by molar-refractivity contribution is 6.31. The number of aromatic nitrogens is 2. The molecule has 0 radical (unpaired) electrons. The molecule has 2 aliphatic rings. The Hall–Kier alpha value is -0.540. The van der Waals surface area contributed by atoms with Gasteiger partial charge in [0, 0.05) is 7.05 Å². The van der Waals surface area contributed by atoms with Gasteiger partial charge < -0.3 is 5.32 Å². The van der Waals surface area contributed by atoms with Crippen molar-refractivity contribution >= 4 is 11.6 Å². The van der Waals surface area contributed by atoms with E-state index in [2.05, 4.69) is 17.3 Å². The molecule has 1 aromatic heterocycles. The molecule has 0 aliphatic heterocycles. The quantitative estimate of drug-likeness (QED) is 0.897. The highest BCUT2D eigenvalue weighted by atomic mass is 35.5. The van der Waals surface area contributed by atoms with Crippen LogP contribution in [0.5, 0.6) is 0 Å². The van der Waals surface area contributed by atoms with Crippen molar-refractivity contribution in [1.29, 1.82) is 0 Å². The summed E-state index contributed by atoms with van der Waals surface area (Å²) in [5, 5.41) is 8.84. The number of rotatable bonds is 4. The predicted octanol–water partition coefficient (Wildman–Crippen LogP) is 4.33. The number of fused-ring (bicyclic) bond motifs is 1. The molecule has 4 unspecified atom stereocenters. The minimum Gasteiger partial charge on any atom is -0.309 e. The van der Waals surface area contributed by atoms with Gasteiger partial charge in [0.25, 0.3) is 0 Å². The zero-order chi connectivity index (χ0) is 14.8. The van der Waals surface area contributed by atoms with Crippen molar-refractivity contribution in [3.63, 3.8) is 0 Å². The second-order valence-corrected chi connectivity index (χ2v) is 7.32. The summed E-state index contributed by atoms with van der Waals surface area (Å²) in [6.45, 7) is 3.17. The zero-order valence-electron chi connectivity index (χ0n) is 13.3. The number of nitrogens with zero attached hydrogens (tertiary/aromatic N) is 2. The van der Waals surface area contributed by atoms with Gasteiger partial charge in [0.05, 0.1) is 23.0 Å². The Balaban J connectivity index is 1.78. The maximum atomic E-state index is 6.41. The molecule has 0 bridgehead atoms. The molecule has 0 amide bonds. The average molecular weight is 310 g/mol. The van der Waals surface area contributed by atoms with Crippen LogP contribution in [0.1, 0.15) is 63.6 Å². The maximum Gasteiger partial charge on any atom is 0.0834 e. The molecule has 4 heteroatoms. The van der Waals surface area contributed by atoms with E-state index in [0.717, 1.165) is 23.4 Å². The monoisotopic (exact) mass is 309 g/mol. The summed E-state index contributed by atoms with van der Waals surface area (Å²) in [4.78, 5) is 0. The van der Waals surface area contributed by atoms with Crippen molar-refractivity contribution in [2.24, 2.45) is 24.8 Å². The Labute approximate surface area is 133 Å². The molecule has 2 aliphatic carbocycles.